The van der Waals surface area contributed by atoms with E-state index in [0.29, 0.717) is 41.3 Å². The molecule has 0 spiro atoms. The summed E-state index contributed by atoms with van der Waals surface area (Å²) >= 11 is 0. The molecule has 0 bridgehead atoms. The highest BCUT2D eigenvalue weighted by molar-refractivity contribution is 6.46. The lowest BCUT2D eigenvalue weighted by Gasteiger charge is -2.27. The van der Waals surface area contributed by atoms with E-state index >= 15 is 0 Å². The van der Waals surface area contributed by atoms with E-state index in [1.165, 1.54) is 12.0 Å². The van der Waals surface area contributed by atoms with Gasteiger partial charge >= 0.3 is 0 Å². The summed E-state index contributed by atoms with van der Waals surface area (Å²) < 4.78 is 16.8. The lowest BCUT2D eigenvalue weighted by molar-refractivity contribution is -0.140. The van der Waals surface area contributed by atoms with E-state index < -0.39 is 17.7 Å². The van der Waals surface area contributed by atoms with Crippen molar-refractivity contribution in [2.75, 3.05) is 41.4 Å². The van der Waals surface area contributed by atoms with E-state index in [2.05, 4.69) is 0 Å². The molecule has 3 rings (SSSR count). The van der Waals surface area contributed by atoms with Crippen LogP contribution in [0.15, 0.2) is 42.0 Å². The van der Waals surface area contributed by atoms with Crippen LogP contribution in [0.4, 0.5) is 0 Å². The fraction of sp³-hybridized carbons (Fsp3) is 0.429. The summed E-state index contributed by atoms with van der Waals surface area (Å²) in [5.41, 5.74) is 1.78. The number of Topliss-reactive ketones (excluding diaryl/α,β-unsaturated/α-hetero) is 1. The lowest BCUT2D eigenvalue weighted by Crippen LogP contribution is -2.32. The second-order valence-corrected chi connectivity index (χ2v) is 9.40. The molecule has 1 atom stereocenters. The topological polar surface area (TPSA) is 88.5 Å². The van der Waals surface area contributed by atoms with Crippen LogP contribution in [0.25, 0.3) is 5.76 Å². The number of methoxy groups -OCH3 is 2. The van der Waals surface area contributed by atoms with Gasteiger partial charge in [-0.1, -0.05) is 0 Å². The molecule has 1 aliphatic rings. The van der Waals surface area contributed by atoms with Gasteiger partial charge in [-0.15, -0.1) is 0 Å². The Hall–Kier alpha value is -3.52. The van der Waals surface area contributed by atoms with Crippen LogP contribution < -0.4 is 14.2 Å². The first-order valence-corrected chi connectivity index (χ1v) is 12.0. The van der Waals surface area contributed by atoms with Crippen molar-refractivity contribution < 1.29 is 28.9 Å². The molecule has 8 heteroatoms. The van der Waals surface area contributed by atoms with E-state index in [0.717, 1.165) is 12.1 Å². The molecule has 1 amide bonds. The summed E-state index contributed by atoms with van der Waals surface area (Å²) in [6.45, 7) is 6.77. The maximum atomic E-state index is 13.4. The first-order chi connectivity index (χ1) is 17.1. The van der Waals surface area contributed by atoms with Crippen molar-refractivity contribution >= 4 is 17.4 Å². The van der Waals surface area contributed by atoms with Gasteiger partial charge in [-0.2, -0.15) is 0 Å². The Kier molecular flexibility index (Phi) is 8.63. The summed E-state index contributed by atoms with van der Waals surface area (Å²) in [5.74, 6) is 0.0949. The monoisotopic (exact) mass is 496 g/mol. The van der Waals surface area contributed by atoms with Gasteiger partial charge in [0, 0.05) is 17.7 Å². The average molecular weight is 497 g/mol. The molecule has 0 aromatic heterocycles. The van der Waals surface area contributed by atoms with E-state index in [-0.39, 0.29) is 17.4 Å². The van der Waals surface area contributed by atoms with Gasteiger partial charge in [-0.3, -0.25) is 9.59 Å². The molecular formula is C28H36N2O6. The van der Waals surface area contributed by atoms with E-state index in [1.54, 1.807) is 37.4 Å². The normalized spacial score (nSPS) is 17.2. The predicted octanol–water partition coefficient (Wildman–Crippen LogP) is 4.17. The van der Waals surface area contributed by atoms with Gasteiger partial charge < -0.3 is 29.1 Å². The van der Waals surface area contributed by atoms with Gasteiger partial charge in [0.15, 0.2) is 0 Å². The third-order valence-corrected chi connectivity index (χ3v) is 6.10. The largest absolute Gasteiger partial charge is 0.507 e. The number of amides is 1. The Balaban J connectivity index is 2.19. The second kappa shape index (κ2) is 11.5. The first kappa shape index (κ1) is 27.1. The van der Waals surface area contributed by atoms with Crippen LogP contribution in [-0.2, 0) is 9.59 Å². The van der Waals surface area contributed by atoms with E-state index in [9.17, 15) is 14.7 Å². The predicted molar refractivity (Wildman–Crippen MR) is 139 cm³/mol. The highest BCUT2D eigenvalue weighted by Crippen LogP contribution is 2.44. The van der Waals surface area contributed by atoms with Gasteiger partial charge in [0.25, 0.3) is 11.7 Å². The average Bonchev–Trinajstić information content (AvgIpc) is 3.07. The third kappa shape index (κ3) is 5.65. The molecule has 1 fully saturated rings. The quantitative estimate of drug-likeness (QED) is 0.300. The molecule has 0 aliphatic carbocycles. The fourth-order valence-corrected chi connectivity index (χ4v) is 4.44. The summed E-state index contributed by atoms with van der Waals surface area (Å²) in [7, 11) is 6.98. The number of aryl methyl sites for hydroxylation is 1. The molecule has 1 N–H and O–H groups in total. The molecule has 1 aliphatic heterocycles. The molecule has 0 saturated carbocycles. The Labute approximate surface area is 213 Å². The number of aliphatic hydroxyl groups is 1. The Morgan fingerprint density at radius 1 is 1.06 bits per heavy atom. The highest BCUT2D eigenvalue weighted by atomic mass is 16.5. The molecule has 0 unspecified atom stereocenters. The van der Waals surface area contributed by atoms with Crippen LogP contribution in [0.3, 0.4) is 0 Å². The van der Waals surface area contributed by atoms with Gasteiger partial charge in [0.1, 0.15) is 23.0 Å². The van der Waals surface area contributed by atoms with Gasteiger partial charge in [0.05, 0.1) is 31.9 Å². The van der Waals surface area contributed by atoms with Gasteiger partial charge in [-0.05, 0) is 89.8 Å². The first-order valence-electron chi connectivity index (χ1n) is 12.0. The number of likely N-dealkylation sites (tertiary alicyclic amines) is 1. The van der Waals surface area contributed by atoms with Crippen molar-refractivity contribution in [3.63, 3.8) is 0 Å². The summed E-state index contributed by atoms with van der Waals surface area (Å²) in [6, 6.07) is 9.66. The number of ether oxygens (including phenoxy) is 3. The SMILES string of the molecule is COc1ccc(OC)c([C@@H]2C(=C(O)c3ccc(OC(C)C)cc3C)C(=O)C(=O)N2CCCN(C)C)c1. The zero-order valence-electron chi connectivity index (χ0n) is 22.1. The van der Waals surface area contributed by atoms with Gasteiger partial charge in [-0.25, -0.2) is 0 Å². The third-order valence-electron chi connectivity index (χ3n) is 6.10. The minimum atomic E-state index is -0.830. The zero-order valence-corrected chi connectivity index (χ0v) is 22.1. The molecular weight excluding hydrogens is 460 g/mol. The molecule has 1 heterocycles. The van der Waals surface area contributed by atoms with Crippen molar-refractivity contribution in [1.29, 1.82) is 0 Å². The maximum absolute atomic E-state index is 13.4. The van der Waals surface area contributed by atoms with Crippen molar-refractivity contribution in [1.82, 2.24) is 9.80 Å². The van der Waals surface area contributed by atoms with Crippen LogP contribution in [0.1, 0.15) is 43.0 Å². The number of aliphatic hydroxyl groups excluding tert-OH is 1. The summed E-state index contributed by atoms with van der Waals surface area (Å²) in [6.07, 6.45) is 0.653. The summed E-state index contributed by atoms with van der Waals surface area (Å²) in [4.78, 5) is 30.2. The molecule has 0 radical (unpaired) electrons. The van der Waals surface area contributed by atoms with Crippen LogP contribution in [0.5, 0.6) is 17.2 Å². The number of carbonyl (C=O) groups is 2. The molecule has 8 nitrogen and oxygen atoms in total. The zero-order chi connectivity index (χ0) is 26.6. The number of rotatable bonds is 10. The van der Waals surface area contributed by atoms with Gasteiger partial charge in [0.2, 0.25) is 0 Å². The lowest BCUT2D eigenvalue weighted by atomic mass is 9.93. The van der Waals surface area contributed by atoms with Crippen molar-refractivity contribution in [3.8, 4) is 17.2 Å². The summed E-state index contributed by atoms with van der Waals surface area (Å²) in [5, 5.41) is 11.5. The maximum Gasteiger partial charge on any atom is 0.295 e. The van der Waals surface area contributed by atoms with Crippen molar-refractivity contribution in [2.45, 2.75) is 39.3 Å². The van der Waals surface area contributed by atoms with E-state index in [1.807, 2.05) is 45.8 Å². The smallest absolute Gasteiger partial charge is 0.295 e. The standard InChI is InChI=1S/C28H36N2O6/c1-17(2)36-20-9-11-21(18(3)15-20)26(31)24-25(22-16-19(34-6)10-12-23(22)35-7)30(28(33)27(24)32)14-8-13-29(4)5/h9-12,15-17,25,31H,8,13-14H2,1-7H3/t25-/m1/s1. The number of hydrogen-bond donors (Lipinski definition) is 1. The second-order valence-electron chi connectivity index (χ2n) is 9.40. The Morgan fingerprint density at radius 2 is 1.75 bits per heavy atom. The number of benzene rings is 2. The number of hydrogen-bond acceptors (Lipinski definition) is 7. The van der Waals surface area contributed by atoms with Crippen LogP contribution in [0.2, 0.25) is 0 Å². The molecule has 194 valence electrons. The minimum absolute atomic E-state index is 0.00290. The molecule has 2 aromatic rings. The molecule has 36 heavy (non-hydrogen) atoms. The van der Waals surface area contributed by atoms with Crippen LogP contribution >= 0.6 is 0 Å². The fourth-order valence-electron chi connectivity index (χ4n) is 4.44. The Morgan fingerprint density at radius 3 is 2.33 bits per heavy atom. The highest BCUT2D eigenvalue weighted by Gasteiger charge is 2.47. The minimum Gasteiger partial charge on any atom is -0.507 e. The molecule has 1 saturated heterocycles. The number of ketones is 1. The van der Waals surface area contributed by atoms with Crippen molar-refractivity contribution in [3.05, 3.63) is 58.7 Å². The van der Waals surface area contributed by atoms with Crippen LogP contribution in [-0.4, -0.2) is 74.1 Å². The van der Waals surface area contributed by atoms with Crippen LogP contribution in [0, 0.1) is 6.92 Å². The molecule has 2 aromatic carbocycles. The van der Waals surface area contributed by atoms with Crippen molar-refractivity contribution in [2.24, 2.45) is 0 Å². The van der Waals surface area contributed by atoms with E-state index in [4.69, 9.17) is 14.2 Å². The number of nitrogens with zero attached hydrogens (tertiary/aromatic N) is 2. The number of carbonyl (C=O) groups excluding carboxylic acids is 2. The Bertz CT molecular complexity index is 1150.